The van der Waals surface area contributed by atoms with Crippen LogP contribution in [0, 0.1) is 0 Å². The number of amides is 2. The number of carbonyl (C=O) groups excluding carboxylic acids is 3. The Morgan fingerprint density at radius 3 is 2.64 bits per heavy atom. The van der Waals surface area contributed by atoms with Crippen LogP contribution in [0.4, 0.5) is 5.82 Å². The number of quaternary nitrogens is 1. The summed E-state index contributed by atoms with van der Waals surface area (Å²) < 4.78 is 4.93. The van der Waals surface area contributed by atoms with E-state index in [1.807, 2.05) is 0 Å². The van der Waals surface area contributed by atoms with Crippen LogP contribution in [0.1, 0.15) is 35.1 Å². The van der Waals surface area contributed by atoms with Gasteiger partial charge >= 0.3 is 11.9 Å². The van der Waals surface area contributed by atoms with E-state index < -0.39 is 17.3 Å². The Morgan fingerprint density at radius 1 is 1.25 bits per heavy atom. The van der Waals surface area contributed by atoms with Gasteiger partial charge in [0.25, 0.3) is 0 Å². The van der Waals surface area contributed by atoms with Crippen molar-refractivity contribution in [2.75, 3.05) is 12.3 Å². The highest BCUT2D eigenvalue weighted by atomic mass is 32.2. The molecule has 3 rings (SSSR count). The summed E-state index contributed by atoms with van der Waals surface area (Å²) in [5.74, 6) is -0.0486. The molecule has 0 aliphatic carbocycles. The zero-order chi connectivity index (χ0) is 20.5. The highest BCUT2D eigenvalue weighted by molar-refractivity contribution is 7.99. The Kier molecular flexibility index (Phi) is 5.39. The number of pyridine rings is 1. The van der Waals surface area contributed by atoms with E-state index in [1.165, 1.54) is 56.1 Å². The van der Waals surface area contributed by atoms with Crippen molar-refractivity contribution < 1.29 is 24.2 Å². The van der Waals surface area contributed by atoms with Gasteiger partial charge in [0.1, 0.15) is 18.0 Å². The van der Waals surface area contributed by atoms with Crippen LogP contribution in [-0.4, -0.2) is 40.2 Å². The molecular weight excluding hydrogens is 382 g/mol. The average Bonchev–Trinajstić information content (AvgIpc) is 3.09. The van der Waals surface area contributed by atoms with Crippen LogP contribution in [0.25, 0.3) is 0 Å². The predicted octanol–water partition coefficient (Wildman–Crippen LogP) is 2.11. The molecule has 28 heavy (non-hydrogen) atoms. The number of esters is 1. The lowest BCUT2D eigenvalue weighted by atomic mass is 10.1. The van der Waals surface area contributed by atoms with Crippen LogP contribution >= 0.6 is 11.8 Å². The molecule has 1 aliphatic heterocycles. The Balaban J connectivity index is 2.15. The van der Waals surface area contributed by atoms with Crippen molar-refractivity contribution in [3.63, 3.8) is 0 Å². The molecule has 2 aromatic rings. The Bertz CT molecular complexity index is 964. The fourth-order valence-electron chi connectivity index (χ4n) is 3.35. The zero-order valence-corrected chi connectivity index (χ0v) is 16.2. The van der Waals surface area contributed by atoms with Crippen molar-refractivity contribution in [1.29, 1.82) is 0 Å². The molecule has 146 valence electrons. The summed E-state index contributed by atoms with van der Waals surface area (Å²) in [5.41, 5.74) is 6.08. The van der Waals surface area contributed by atoms with Gasteiger partial charge in [-0.2, -0.15) is 4.48 Å². The second-order valence-electron chi connectivity index (χ2n) is 6.42. The molecule has 2 amide bonds. The van der Waals surface area contributed by atoms with Crippen molar-refractivity contribution in [3.8, 4) is 11.5 Å². The monoisotopic (exact) mass is 402 g/mol. The maximum absolute atomic E-state index is 12.8. The lowest BCUT2D eigenvalue weighted by Crippen LogP contribution is -2.52. The molecule has 2 atom stereocenters. The number of primary amides is 1. The van der Waals surface area contributed by atoms with Gasteiger partial charge in [0.2, 0.25) is 11.7 Å². The van der Waals surface area contributed by atoms with Crippen LogP contribution in [0.2, 0.25) is 0 Å². The van der Waals surface area contributed by atoms with Gasteiger partial charge in [-0.15, -0.1) is 0 Å². The predicted molar refractivity (Wildman–Crippen MR) is 105 cm³/mol. The number of benzene rings is 1. The number of hydrogen-bond acceptors (Lipinski definition) is 7. The zero-order valence-electron chi connectivity index (χ0n) is 15.4. The van der Waals surface area contributed by atoms with E-state index in [0.717, 1.165) is 0 Å². The van der Waals surface area contributed by atoms with Crippen LogP contribution in [0.15, 0.2) is 36.5 Å². The second-order valence-corrected chi connectivity index (χ2v) is 7.60. The molecule has 0 saturated carbocycles. The lowest BCUT2D eigenvalue weighted by Gasteiger charge is -2.34. The van der Waals surface area contributed by atoms with Crippen LogP contribution in [0.5, 0.6) is 11.5 Å². The first-order chi connectivity index (χ1) is 13.3. The number of nitrogens with zero attached hydrogens (tertiary/aromatic N) is 2. The van der Waals surface area contributed by atoms with Gasteiger partial charge in [0.15, 0.2) is 5.37 Å². The van der Waals surface area contributed by atoms with E-state index in [0.29, 0.717) is 23.7 Å². The smallest absolute Gasteiger partial charge is 0.318 e. The SMILES string of the molecule is CC(=O)Oc1ccc(O)c(C2SCC[N+]2(C(C)=O)c2cc(C(N)=O)ccn2)c1. The number of rotatable bonds is 4. The maximum Gasteiger partial charge on any atom is 0.318 e. The summed E-state index contributed by atoms with van der Waals surface area (Å²) in [6, 6.07) is 7.45. The summed E-state index contributed by atoms with van der Waals surface area (Å²) in [5, 5.41) is 9.94. The molecule has 3 N–H and O–H groups in total. The summed E-state index contributed by atoms with van der Waals surface area (Å²) >= 11 is 1.48. The highest BCUT2D eigenvalue weighted by Gasteiger charge is 2.52. The lowest BCUT2D eigenvalue weighted by molar-refractivity contribution is -0.132. The number of thioether (sulfide) groups is 1. The van der Waals surface area contributed by atoms with Gasteiger partial charge in [-0.1, -0.05) is 11.8 Å². The minimum atomic E-state index is -0.617. The third-order valence-electron chi connectivity index (χ3n) is 4.65. The van der Waals surface area contributed by atoms with Crippen LogP contribution in [-0.2, 0) is 9.59 Å². The molecule has 0 bridgehead atoms. The van der Waals surface area contributed by atoms with E-state index in [4.69, 9.17) is 10.5 Å². The molecule has 9 heteroatoms. The van der Waals surface area contributed by atoms with Crippen molar-refractivity contribution in [2.45, 2.75) is 19.2 Å². The van der Waals surface area contributed by atoms with Gasteiger partial charge in [-0.05, 0) is 24.3 Å². The van der Waals surface area contributed by atoms with Crippen LogP contribution < -0.4 is 15.0 Å². The number of aromatic hydroxyl groups is 1. The van der Waals surface area contributed by atoms with Gasteiger partial charge < -0.3 is 15.6 Å². The largest absolute Gasteiger partial charge is 0.507 e. The number of hydrogen-bond donors (Lipinski definition) is 2. The first-order valence-corrected chi connectivity index (χ1v) is 9.59. The van der Waals surface area contributed by atoms with E-state index in [2.05, 4.69) is 4.98 Å². The van der Waals surface area contributed by atoms with E-state index in [9.17, 15) is 19.5 Å². The van der Waals surface area contributed by atoms with Gasteiger partial charge in [-0.3, -0.25) is 9.59 Å². The Morgan fingerprint density at radius 2 is 2.00 bits per heavy atom. The molecule has 1 aromatic heterocycles. The number of nitrogens with two attached hydrogens (primary N) is 1. The highest BCUT2D eigenvalue weighted by Crippen LogP contribution is 2.50. The van der Waals surface area contributed by atoms with Gasteiger partial charge in [-0.25, -0.2) is 9.78 Å². The van der Waals surface area contributed by atoms with Crippen molar-refractivity contribution in [1.82, 2.24) is 9.47 Å². The van der Waals surface area contributed by atoms with E-state index in [-0.39, 0.29) is 27.5 Å². The van der Waals surface area contributed by atoms with Gasteiger partial charge in [0.05, 0.1) is 12.5 Å². The normalized spacial score (nSPS) is 21.3. The minimum absolute atomic E-state index is 0.0230. The molecule has 2 heterocycles. The number of aromatic nitrogens is 1. The third-order valence-corrected chi connectivity index (χ3v) is 6.00. The number of ether oxygens (including phenoxy) is 1. The number of phenols is 1. The Hall–Kier alpha value is -2.91. The first kappa shape index (κ1) is 19.8. The number of phenolic OH excluding ortho intramolecular Hbond substituents is 1. The molecule has 1 fully saturated rings. The fourth-order valence-corrected chi connectivity index (χ4v) is 4.95. The number of carbonyl (C=O) groups is 3. The van der Waals surface area contributed by atoms with Gasteiger partial charge in [0, 0.05) is 30.5 Å². The molecule has 0 radical (unpaired) electrons. The second kappa shape index (κ2) is 7.61. The van der Waals surface area contributed by atoms with Crippen LogP contribution in [0.3, 0.4) is 0 Å². The molecule has 2 unspecified atom stereocenters. The molecular formula is C19H20N3O5S+. The molecule has 0 spiro atoms. The van der Waals surface area contributed by atoms with E-state index >= 15 is 0 Å². The van der Waals surface area contributed by atoms with E-state index in [1.54, 1.807) is 6.07 Å². The topological polar surface area (TPSA) is 120 Å². The molecule has 8 nitrogen and oxygen atoms in total. The average molecular weight is 402 g/mol. The summed E-state index contributed by atoms with van der Waals surface area (Å²) in [6.45, 7) is 3.16. The standard InChI is InChI=1S/C19H19N3O5S/c1-11(23)22(17-9-13(18(20)26)5-6-21-17)7-8-28-19(22)15-10-14(27-12(2)24)3-4-16(15)25/h3-6,9-10,19H,7-8H2,1-2H3,(H2-,20,25,26)/p+1. The quantitative estimate of drug-likeness (QED) is 0.456. The van der Waals surface area contributed by atoms with Crippen molar-refractivity contribution in [2.24, 2.45) is 5.73 Å². The maximum atomic E-state index is 12.8. The van der Waals surface area contributed by atoms with Crippen molar-refractivity contribution >= 4 is 35.4 Å². The molecule has 1 aromatic carbocycles. The molecule has 1 saturated heterocycles. The minimum Gasteiger partial charge on any atom is -0.507 e. The first-order valence-electron chi connectivity index (χ1n) is 8.54. The van der Waals surface area contributed by atoms with Crippen molar-refractivity contribution in [3.05, 3.63) is 47.7 Å². The fraction of sp³-hybridized carbons (Fsp3) is 0.263. The Labute approximate surface area is 165 Å². The molecule has 1 aliphatic rings. The summed E-state index contributed by atoms with van der Waals surface area (Å²) in [6.07, 6.45) is 1.44. The third kappa shape index (κ3) is 3.46. The summed E-state index contributed by atoms with van der Waals surface area (Å²) in [4.78, 5) is 40.1. The summed E-state index contributed by atoms with van der Waals surface area (Å²) in [7, 11) is 0.